The van der Waals surface area contributed by atoms with Crippen LogP contribution in [0.4, 0.5) is 4.39 Å². The fourth-order valence-corrected chi connectivity index (χ4v) is 4.76. The van der Waals surface area contributed by atoms with Crippen LogP contribution in [-0.4, -0.2) is 65.8 Å². The zero-order chi connectivity index (χ0) is 25.3. The van der Waals surface area contributed by atoms with E-state index < -0.39 is 5.82 Å². The number of hydrogen-bond donors (Lipinski definition) is 2. The maximum absolute atomic E-state index is 14.1. The van der Waals surface area contributed by atoms with E-state index in [1.165, 1.54) is 18.2 Å². The second kappa shape index (κ2) is 10.5. The Balaban J connectivity index is 1.49. The summed E-state index contributed by atoms with van der Waals surface area (Å²) in [6.45, 7) is 6.44. The van der Waals surface area contributed by atoms with Crippen LogP contribution in [0.25, 0.3) is 5.57 Å². The molecule has 0 spiro atoms. The highest BCUT2D eigenvalue weighted by Gasteiger charge is 2.34. The molecule has 2 aliphatic rings. The third kappa shape index (κ3) is 5.27. The smallest absolute Gasteiger partial charge is 0.258 e. The van der Waals surface area contributed by atoms with Crippen LogP contribution in [0.2, 0.25) is 5.02 Å². The first kappa shape index (κ1) is 25.3. The van der Waals surface area contributed by atoms with Gasteiger partial charge in [-0.05, 0) is 38.8 Å². The maximum Gasteiger partial charge on any atom is 0.258 e. The average molecular weight is 504 g/mol. The van der Waals surface area contributed by atoms with Gasteiger partial charge in [0.1, 0.15) is 18.2 Å². The van der Waals surface area contributed by atoms with Crippen LogP contribution in [0.3, 0.4) is 0 Å². The number of methoxy groups -OCH3 is 1. The van der Waals surface area contributed by atoms with Crippen LogP contribution in [0, 0.1) is 19.7 Å². The molecule has 3 atom stereocenters. The molecule has 0 saturated carbocycles. The number of halogens is 2. The third-order valence-corrected chi connectivity index (χ3v) is 7.16. The summed E-state index contributed by atoms with van der Waals surface area (Å²) in [5.74, 6) is -0.122. The highest BCUT2D eigenvalue weighted by molar-refractivity contribution is 6.31. The molecule has 1 amide bonds. The van der Waals surface area contributed by atoms with Crippen LogP contribution < -0.4 is 15.8 Å². The fourth-order valence-electron chi connectivity index (χ4n) is 4.68. The second-order valence-electron chi connectivity index (χ2n) is 9.04. The van der Waals surface area contributed by atoms with Crippen molar-refractivity contribution in [2.45, 2.75) is 51.8 Å². The van der Waals surface area contributed by atoms with Gasteiger partial charge in [0, 0.05) is 36.5 Å². The van der Waals surface area contributed by atoms with Gasteiger partial charge in [0.25, 0.3) is 5.91 Å². The van der Waals surface area contributed by atoms with Crippen molar-refractivity contribution in [1.82, 2.24) is 20.2 Å². The van der Waals surface area contributed by atoms with Gasteiger partial charge in [-0.15, -0.1) is 0 Å². The molecule has 35 heavy (non-hydrogen) atoms. The highest BCUT2D eigenvalue weighted by atomic mass is 35.5. The quantitative estimate of drug-likeness (QED) is 0.598. The molecule has 1 aromatic carbocycles. The Labute approximate surface area is 209 Å². The summed E-state index contributed by atoms with van der Waals surface area (Å²) in [5, 5.41) is 3.99. The standard InChI is InChI=1S/C25H31ClFN5O3/c1-5-20-22(34-4)9-16(31-20)12-35-21-8-15(27)6-7-17(21)25(33)32-10-18(19(28)11-32)24-29-13(2)23(26)14(3)30-24/h6-8,16,20,22,31H,5,9-12,28H2,1-4H3. The van der Waals surface area contributed by atoms with Crippen molar-refractivity contribution in [2.24, 2.45) is 5.73 Å². The number of aromatic nitrogens is 2. The third-order valence-electron chi connectivity index (χ3n) is 6.61. The molecule has 3 heterocycles. The number of benzene rings is 1. The molecule has 1 saturated heterocycles. The van der Waals surface area contributed by atoms with Gasteiger partial charge >= 0.3 is 0 Å². The van der Waals surface area contributed by atoms with Crippen LogP contribution in [0.5, 0.6) is 5.75 Å². The Morgan fingerprint density at radius 1 is 1.29 bits per heavy atom. The molecule has 2 aromatic rings. The average Bonchev–Trinajstić information content (AvgIpc) is 3.43. The van der Waals surface area contributed by atoms with Crippen molar-refractivity contribution in [2.75, 3.05) is 26.8 Å². The van der Waals surface area contributed by atoms with E-state index in [0.717, 1.165) is 12.8 Å². The molecule has 3 unspecified atom stereocenters. The fraction of sp³-hybridized carbons (Fsp3) is 0.480. The molecule has 8 nitrogen and oxygen atoms in total. The van der Waals surface area contributed by atoms with Crippen molar-refractivity contribution in [3.05, 3.63) is 57.5 Å². The van der Waals surface area contributed by atoms with Crippen molar-refractivity contribution < 1.29 is 18.7 Å². The number of aryl methyl sites for hydroxylation is 2. The predicted octanol–water partition coefficient (Wildman–Crippen LogP) is 3.25. The molecular formula is C25H31ClFN5O3. The molecule has 3 N–H and O–H groups in total. The number of carbonyl (C=O) groups excluding carboxylic acids is 1. The van der Waals surface area contributed by atoms with Crippen LogP contribution in [0.1, 0.15) is 47.3 Å². The normalized spacial score (nSPS) is 22.2. The minimum atomic E-state index is -0.475. The Kier molecular flexibility index (Phi) is 7.59. The number of nitrogens with zero attached hydrogens (tertiary/aromatic N) is 3. The first-order valence-electron chi connectivity index (χ1n) is 11.7. The molecule has 0 bridgehead atoms. The van der Waals surface area contributed by atoms with E-state index in [0.29, 0.717) is 40.1 Å². The lowest BCUT2D eigenvalue weighted by Crippen LogP contribution is -2.36. The Bertz CT molecular complexity index is 1120. The summed E-state index contributed by atoms with van der Waals surface area (Å²) < 4.78 is 25.6. The van der Waals surface area contributed by atoms with E-state index in [4.69, 9.17) is 26.8 Å². The van der Waals surface area contributed by atoms with Gasteiger partial charge in [-0.1, -0.05) is 18.5 Å². The Morgan fingerprint density at radius 3 is 2.63 bits per heavy atom. The molecule has 1 aromatic heterocycles. The Hall–Kier alpha value is -2.75. The SMILES string of the molecule is CCC1NC(COc2cc(F)ccc2C(=O)N2CC(N)=C(c3nc(C)c(Cl)c(C)n3)C2)CC1OC. The number of rotatable bonds is 7. The summed E-state index contributed by atoms with van der Waals surface area (Å²) >= 11 is 6.20. The molecule has 10 heteroatoms. The number of carbonyl (C=O) groups is 1. The van der Waals surface area contributed by atoms with E-state index in [-0.39, 0.29) is 48.5 Å². The van der Waals surface area contributed by atoms with Gasteiger partial charge in [-0.3, -0.25) is 4.79 Å². The monoisotopic (exact) mass is 503 g/mol. The van der Waals surface area contributed by atoms with Crippen molar-refractivity contribution >= 4 is 23.1 Å². The molecule has 1 fully saturated rings. The van der Waals surface area contributed by atoms with Crippen LogP contribution in [0.15, 0.2) is 23.9 Å². The van der Waals surface area contributed by atoms with Crippen LogP contribution in [-0.2, 0) is 4.74 Å². The van der Waals surface area contributed by atoms with Gasteiger partial charge < -0.3 is 25.4 Å². The Morgan fingerprint density at radius 2 is 2.00 bits per heavy atom. The van der Waals surface area contributed by atoms with E-state index in [9.17, 15) is 9.18 Å². The minimum absolute atomic E-state index is 0.0420. The summed E-state index contributed by atoms with van der Waals surface area (Å²) in [7, 11) is 1.70. The van der Waals surface area contributed by atoms with Crippen LogP contribution >= 0.6 is 11.6 Å². The highest BCUT2D eigenvalue weighted by Crippen LogP contribution is 2.29. The number of nitrogens with one attached hydrogen (secondary N) is 1. The lowest BCUT2D eigenvalue weighted by Gasteiger charge is -2.20. The van der Waals surface area contributed by atoms with E-state index in [2.05, 4.69) is 22.2 Å². The van der Waals surface area contributed by atoms with Gasteiger partial charge in [0.05, 0.1) is 41.2 Å². The molecule has 0 aliphatic carbocycles. The van der Waals surface area contributed by atoms with Crippen molar-refractivity contribution in [1.29, 1.82) is 0 Å². The van der Waals surface area contributed by atoms with Gasteiger partial charge in [0.2, 0.25) is 0 Å². The second-order valence-corrected chi connectivity index (χ2v) is 9.41. The van der Waals surface area contributed by atoms with E-state index >= 15 is 0 Å². The van der Waals surface area contributed by atoms with Crippen molar-refractivity contribution in [3.8, 4) is 5.75 Å². The minimum Gasteiger partial charge on any atom is -0.491 e. The summed E-state index contributed by atoms with van der Waals surface area (Å²) in [6, 6.07) is 4.23. The topological polar surface area (TPSA) is 103 Å². The summed E-state index contributed by atoms with van der Waals surface area (Å²) in [5.41, 5.74) is 9.03. The molecule has 4 rings (SSSR count). The predicted molar refractivity (Wildman–Crippen MR) is 132 cm³/mol. The number of nitrogens with two attached hydrogens (primary N) is 1. The summed E-state index contributed by atoms with van der Waals surface area (Å²) in [6.07, 6.45) is 1.81. The number of hydrogen-bond acceptors (Lipinski definition) is 7. The van der Waals surface area contributed by atoms with Crippen molar-refractivity contribution in [3.63, 3.8) is 0 Å². The van der Waals surface area contributed by atoms with Gasteiger partial charge in [0.15, 0.2) is 5.82 Å². The zero-order valence-corrected chi connectivity index (χ0v) is 21.2. The first-order valence-corrected chi connectivity index (χ1v) is 12.1. The molecule has 2 aliphatic heterocycles. The molecule has 188 valence electrons. The zero-order valence-electron chi connectivity index (χ0n) is 20.4. The lowest BCUT2D eigenvalue weighted by atomic mass is 10.1. The van der Waals surface area contributed by atoms with E-state index in [1.54, 1.807) is 25.9 Å². The van der Waals surface area contributed by atoms with Gasteiger partial charge in [-0.2, -0.15) is 0 Å². The molecule has 0 radical (unpaired) electrons. The number of amides is 1. The summed E-state index contributed by atoms with van der Waals surface area (Å²) in [4.78, 5) is 23.9. The largest absolute Gasteiger partial charge is 0.491 e. The van der Waals surface area contributed by atoms with Gasteiger partial charge in [-0.25, -0.2) is 14.4 Å². The molecular weight excluding hydrogens is 473 g/mol. The van der Waals surface area contributed by atoms with E-state index in [1.807, 2.05) is 0 Å². The first-order chi connectivity index (χ1) is 16.7. The maximum atomic E-state index is 14.1. The lowest BCUT2D eigenvalue weighted by molar-refractivity contribution is 0.0793. The number of ether oxygens (including phenoxy) is 2.